The molecule has 1 fully saturated rings. The van der Waals surface area contributed by atoms with Crippen LogP contribution in [-0.2, 0) is 14.3 Å². The highest BCUT2D eigenvalue weighted by atomic mass is 16.5. The Hall–Kier alpha value is -1.30. The van der Waals surface area contributed by atoms with Gasteiger partial charge in [0.15, 0.2) is 0 Å². The highest BCUT2D eigenvalue weighted by molar-refractivity contribution is 5.76. The van der Waals surface area contributed by atoms with Gasteiger partial charge in [0, 0.05) is 32.3 Å². The number of ether oxygens (including phenoxy) is 2. The number of amides is 2. The van der Waals surface area contributed by atoms with Gasteiger partial charge in [-0.15, -0.1) is 0 Å². The van der Waals surface area contributed by atoms with E-state index in [0.717, 1.165) is 19.3 Å². The second-order valence-corrected chi connectivity index (χ2v) is 5.88. The standard InChI is InChI=1S/C17H32N2O4/c1-3-22-14-8-12-19(13-11-16(20)23-4-2)17(21)18-15-9-6-5-7-10-15/h15H,3-14H2,1-2H3,(H,18,21). The maximum absolute atomic E-state index is 12.5. The van der Waals surface area contributed by atoms with E-state index in [1.807, 2.05) is 6.92 Å². The van der Waals surface area contributed by atoms with Crippen LogP contribution in [0.2, 0.25) is 0 Å². The van der Waals surface area contributed by atoms with Crippen molar-refractivity contribution in [1.29, 1.82) is 0 Å². The first kappa shape index (κ1) is 19.7. The summed E-state index contributed by atoms with van der Waals surface area (Å²) < 4.78 is 10.3. The first-order valence-corrected chi connectivity index (χ1v) is 8.96. The quantitative estimate of drug-likeness (QED) is 0.494. The topological polar surface area (TPSA) is 67.9 Å². The van der Waals surface area contributed by atoms with Gasteiger partial charge in [-0.25, -0.2) is 4.79 Å². The van der Waals surface area contributed by atoms with Crippen LogP contribution in [-0.4, -0.2) is 55.9 Å². The van der Waals surface area contributed by atoms with Crippen molar-refractivity contribution in [3.05, 3.63) is 0 Å². The Morgan fingerprint density at radius 3 is 2.48 bits per heavy atom. The molecule has 1 rings (SSSR count). The summed E-state index contributed by atoms with van der Waals surface area (Å²) in [6, 6.07) is 0.200. The molecule has 1 aliphatic carbocycles. The Bertz CT molecular complexity index is 343. The normalized spacial score (nSPS) is 15.2. The lowest BCUT2D eigenvalue weighted by molar-refractivity contribution is -0.143. The van der Waals surface area contributed by atoms with Crippen LogP contribution in [0.15, 0.2) is 0 Å². The molecule has 0 spiro atoms. The van der Waals surface area contributed by atoms with E-state index in [0.29, 0.717) is 32.9 Å². The Labute approximate surface area is 139 Å². The van der Waals surface area contributed by atoms with E-state index in [4.69, 9.17) is 9.47 Å². The number of carbonyl (C=O) groups is 2. The Kier molecular flexibility index (Phi) is 10.4. The molecule has 6 nitrogen and oxygen atoms in total. The predicted molar refractivity (Wildman–Crippen MR) is 89.3 cm³/mol. The molecule has 0 radical (unpaired) electrons. The summed E-state index contributed by atoms with van der Waals surface area (Å²) in [5, 5.41) is 3.11. The summed E-state index contributed by atoms with van der Waals surface area (Å²) in [6.07, 6.45) is 6.73. The highest BCUT2D eigenvalue weighted by Gasteiger charge is 2.20. The largest absolute Gasteiger partial charge is 0.466 e. The van der Waals surface area contributed by atoms with Gasteiger partial charge in [0.25, 0.3) is 0 Å². The minimum Gasteiger partial charge on any atom is -0.466 e. The van der Waals surface area contributed by atoms with Gasteiger partial charge in [0.2, 0.25) is 0 Å². The maximum Gasteiger partial charge on any atom is 0.317 e. The van der Waals surface area contributed by atoms with Crippen LogP contribution in [0.1, 0.15) is 58.8 Å². The Balaban J connectivity index is 2.42. The molecular weight excluding hydrogens is 296 g/mol. The van der Waals surface area contributed by atoms with Crippen molar-refractivity contribution in [2.75, 3.05) is 32.9 Å². The van der Waals surface area contributed by atoms with Crippen LogP contribution in [0, 0.1) is 0 Å². The number of carbonyl (C=O) groups excluding carboxylic acids is 2. The summed E-state index contributed by atoms with van der Waals surface area (Å²) in [7, 11) is 0. The van der Waals surface area contributed by atoms with Crippen molar-refractivity contribution >= 4 is 12.0 Å². The fourth-order valence-electron chi connectivity index (χ4n) is 2.79. The summed E-state index contributed by atoms with van der Waals surface area (Å²) in [5.74, 6) is -0.257. The van der Waals surface area contributed by atoms with Gasteiger partial charge < -0.3 is 19.7 Å². The van der Waals surface area contributed by atoms with E-state index < -0.39 is 0 Å². The molecule has 23 heavy (non-hydrogen) atoms. The number of esters is 1. The molecule has 2 amide bonds. The molecule has 0 aromatic carbocycles. The Morgan fingerprint density at radius 1 is 1.09 bits per heavy atom. The molecule has 1 N–H and O–H groups in total. The molecule has 0 heterocycles. The van der Waals surface area contributed by atoms with E-state index in [9.17, 15) is 9.59 Å². The van der Waals surface area contributed by atoms with E-state index >= 15 is 0 Å². The molecule has 1 aliphatic rings. The third kappa shape index (κ3) is 8.79. The number of hydrogen-bond acceptors (Lipinski definition) is 4. The smallest absolute Gasteiger partial charge is 0.317 e. The molecule has 0 unspecified atom stereocenters. The number of rotatable bonds is 10. The van der Waals surface area contributed by atoms with Crippen LogP contribution in [0.4, 0.5) is 4.79 Å². The number of nitrogens with one attached hydrogen (secondary N) is 1. The maximum atomic E-state index is 12.5. The van der Waals surface area contributed by atoms with Crippen LogP contribution in [0.5, 0.6) is 0 Å². The molecule has 0 aromatic heterocycles. The molecule has 134 valence electrons. The van der Waals surface area contributed by atoms with Gasteiger partial charge in [-0.1, -0.05) is 19.3 Å². The lowest BCUT2D eigenvalue weighted by Gasteiger charge is -2.28. The minimum atomic E-state index is -0.257. The molecular formula is C17H32N2O4. The monoisotopic (exact) mass is 328 g/mol. The molecule has 0 bridgehead atoms. The number of hydrogen-bond donors (Lipinski definition) is 1. The van der Waals surface area contributed by atoms with Gasteiger partial charge in [-0.05, 0) is 33.1 Å². The Morgan fingerprint density at radius 2 is 1.83 bits per heavy atom. The third-order valence-electron chi connectivity index (χ3n) is 4.03. The summed E-state index contributed by atoms with van der Waals surface area (Å²) >= 11 is 0. The SMILES string of the molecule is CCOCCCN(CCC(=O)OCC)C(=O)NC1CCCCC1. The van der Waals surface area contributed by atoms with Gasteiger partial charge in [0.1, 0.15) is 0 Å². The lowest BCUT2D eigenvalue weighted by atomic mass is 9.96. The fraction of sp³-hybridized carbons (Fsp3) is 0.882. The number of urea groups is 1. The van der Waals surface area contributed by atoms with Gasteiger partial charge in [0.05, 0.1) is 13.0 Å². The fourth-order valence-corrected chi connectivity index (χ4v) is 2.79. The molecule has 0 aromatic rings. The van der Waals surface area contributed by atoms with E-state index in [1.54, 1.807) is 11.8 Å². The van der Waals surface area contributed by atoms with Crippen LogP contribution in [0.25, 0.3) is 0 Å². The average Bonchev–Trinajstić information content (AvgIpc) is 2.55. The first-order valence-electron chi connectivity index (χ1n) is 8.96. The second-order valence-electron chi connectivity index (χ2n) is 5.88. The van der Waals surface area contributed by atoms with Crippen molar-refractivity contribution in [2.45, 2.75) is 64.8 Å². The summed E-state index contributed by atoms with van der Waals surface area (Å²) in [4.78, 5) is 25.7. The van der Waals surface area contributed by atoms with Crippen LogP contribution < -0.4 is 5.32 Å². The predicted octanol–water partition coefficient (Wildman–Crippen LogP) is 2.71. The summed E-state index contributed by atoms with van der Waals surface area (Å²) in [5.41, 5.74) is 0. The molecule has 1 saturated carbocycles. The molecule has 0 saturated heterocycles. The zero-order valence-corrected chi connectivity index (χ0v) is 14.6. The second kappa shape index (κ2) is 12.2. The molecule has 0 atom stereocenters. The summed E-state index contributed by atoms with van der Waals surface area (Å²) in [6.45, 7) is 6.40. The van der Waals surface area contributed by atoms with Crippen LogP contribution >= 0.6 is 0 Å². The van der Waals surface area contributed by atoms with Crippen molar-refractivity contribution in [3.63, 3.8) is 0 Å². The first-order chi connectivity index (χ1) is 11.2. The molecule has 0 aliphatic heterocycles. The minimum absolute atomic E-state index is 0.0716. The molecule has 6 heteroatoms. The van der Waals surface area contributed by atoms with Gasteiger partial charge in [-0.3, -0.25) is 4.79 Å². The average molecular weight is 328 g/mol. The number of nitrogens with zero attached hydrogens (tertiary/aromatic N) is 1. The van der Waals surface area contributed by atoms with Gasteiger partial charge in [-0.2, -0.15) is 0 Å². The zero-order chi connectivity index (χ0) is 16.9. The lowest BCUT2D eigenvalue weighted by Crippen LogP contribution is -2.46. The highest BCUT2D eigenvalue weighted by Crippen LogP contribution is 2.17. The third-order valence-corrected chi connectivity index (χ3v) is 4.03. The van der Waals surface area contributed by atoms with Crippen molar-refractivity contribution < 1.29 is 19.1 Å². The van der Waals surface area contributed by atoms with Crippen molar-refractivity contribution in [2.24, 2.45) is 0 Å². The van der Waals surface area contributed by atoms with E-state index in [-0.39, 0.29) is 24.5 Å². The van der Waals surface area contributed by atoms with Crippen LogP contribution in [0.3, 0.4) is 0 Å². The van der Waals surface area contributed by atoms with E-state index in [2.05, 4.69) is 5.32 Å². The van der Waals surface area contributed by atoms with Crippen molar-refractivity contribution in [3.8, 4) is 0 Å². The van der Waals surface area contributed by atoms with Gasteiger partial charge >= 0.3 is 12.0 Å². The van der Waals surface area contributed by atoms with Crippen molar-refractivity contribution in [1.82, 2.24) is 10.2 Å². The zero-order valence-electron chi connectivity index (χ0n) is 14.6. The van der Waals surface area contributed by atoms with E-state index in [1.165, 1.54) is 19.3 Å².